The van der Waals surface area contributed by atoms with Crippen molar-refractivity contribution >= 4 is 0 Å². The van der Waals surface area contributed by atoms with Gasteiger partial charge in [-0.25, -0.2) is 9.97 Å². The van der Waals surface area contributed by atoms with Crippen LogP contribution in [0.15, 0.2) is 6.20 Å². The van der Waals surface area contributed by atoms with Gasteiger partial charge in [0, 0.05) is 36.0 Å². The second-order valence-electron chi connectivity index (χ2n) is 5.55. The molecule has 2 heterocycles. The molecule has 104 valence electrons. The van der Waals surface area contributed by atoms with Crippen LogP contribution in [0.2, 0.25) is 0 Å². The fraction of sp³-hybridized carbons (Fsp3) is 0.733. The zero-order valence-corrected chi connectivity index (χ0v) is 11.7. The minimum Gasteiger partial charge on any atom is -0.381 e. The average molecular weight is 261 g/mol. The molecule has 0 saturated carbocycles. The van der Waals surface area contributed by atoms with Gasteiger partial charge in [-0.15, -0.1) is 0 Å². The number of fused-ring (bicyclic) bond motifs is 1. The highest BCUT2D eigenvalue weighted by Gasteiger charge is 2.24. The van der Waals surface area contributed by atoms with Crippen LogP contribution < -0.4 is 5.32 Å². The molecule has 0 amide bonds. The molecule has 4 nitrogen and oxygen atoms in total. The van der Waals surface area contributed by atoms with Crippen LogP contribution >= 0.6 is 0 Å². The monoisotopic (exact) mass is 261 g/mol. The van der Waals surface area contributed by atoms with E-state index in [1.807, 2.05) is 0 Å². The van der Waals surface area contributed by atoms with Gasteiger partial charge in [0.05, 0.1) is 6.61 Å². The summed E-state index contributed by atoms with van der Waals surface area (Å²) in [5.74, 6) is 1.40. The Hall–Kier alpha value is -1.00. The Morgan fingerprint density at radius 3 is 3.11 bits per heavy atom. The Morgan fingerprint density at radius 1 is 1.37 bits per heavy atom. The van der Waals surface area contributed by atoms with Crippen molar-refractivity contribution in [3.8, 4) is 0 Å². The lowest BCUT2D eigenvalue weighted by molar-refractivity contribution is 0.0779. The molecule has 2 unspecified atom stereocenters. The summed E-state index contributed by atoms with van der Waals surface area (Å²) in [6, 6.07) is 0.449. The molecule has 0 bridgehead atoms. The Labute approximate surface area is 115 Å². The molecular weight excluding hydrogens is 238 g/mol. The van der Waals surface area contributed by atoms with E-state index >= 15 is 0 Å². The van der Waals surface area contributed by atoms with Gasteiger partial charge in [0.1, 0.15) is 5.82 Å². The number of aromatic nitrogens is 2. The largest absolute Gasteiger partial charge is 0.381 e. The quantitative estimate of drug-likeness (QED) is 0.907. The number of nitrogens with zero attached hydrogens (tertiary/aromatic N) is 2. The zero-order valence-electron chi connectivity index (χ0n) is 11.7. The summed E-state index contributed by atoms with van der Waals surface area (Å²) in [6.07, 6.45) is 7.87. The van der Waals surface area contributed by atoms with Gasteiger partial charge in [0.25, 0.3) is 0 Å². The van der Waals surface area contributed by atoms with Crippen LogP contribution in [-0.4, -0.2) is 29.7 Å². The number of hydrogen-bond donors (Lipinski definition) is 1. The van der Waals surface area contributed by atoms with Gasteiger partial charge in [-0.1, -0.05) is 6.92 Å². The second kappa shape index (κ2) is 5.97. The number of hydrogen-bond acceptors (Lipinski definition) is 4. The van der Waals surface area contributed by atoms with E-state index in [0.29, 0.717) is 12.0 Å². The lowest BCUT2D eigenvalue weighted by Crippen LogP contribution is -2.27. The minimum atomic E-state index is 0.401. The van der Waals surface area contributed by atoms with Crippen molar-refractivity contribution in [2.75, 3.05) is 19.8 Å². The smallest absolute Gasteiger partial charge is 0.133 e. The van der Waals surface area contributed by atoms with Gasteiger partial charge in [-0.05, 0) is 38.6 Å². The first-order valence-electron chi connectivity index (χ1n) is 7.55. The molecule has 0 radical (unpaired) electrons. The summed E-state index contributed by atoms with van der Waals surface area (Å²) in [6.45, 7) is 4.84. The van der Waals surface area contributed by atoms with Gasteiger partial charge >= 0.3 is 0 Å². The highest BCUT2D eigenvalue weighted by atomic mass is 16.5. The topological polar surface area (TPSA) is 47.0 Å². The molecule has 2 atom stereocenters. The van der Waals surface area contributed by atoms with Crippen molar-refractivity contribution in [2.45, 2.75) is 51.0 Å². The highest BCUT2D eigenvalue weighted by molar-refractivity contribution is 5.25. The van der Waals surface area contributed by atoms with Crippen molar-refractivity contribution in [3.63, 3.8) is 0 Å². The zero-order chi connectivity index (χ0) is 13.1. The summed E-state index contributed by atoms with van der Waals surface area (Å²) in [5.41, 5.74) is 2.57. The lowest BCUT2D eigenvalue weighted by atomic mass is 9.91. The van der Waals surface area contributed by atoms with E-state index in [-0.39, 0.29) is 0 Å². The van der Waals surface area contributed by atoms with Crippen molar-refractivity contribution in [2.24, 2.45) is 0 Å². The fourth-order valence-corrected chi connectivity index (χ4v) is 3.16. The van der Waals surface area contributed by atoms with Crippen LogP contribution in [0.1, 0.15) is 61.6 Å². The summed E-state index contributed by atoms with van der Waals surface area (Å²) in [4.78, 5) is 9.46. The molecule has 1 N–H and O–H groups in total. The third-order valence-corrected chi connectivity index (χ3v) is 4.18. The van der Waals surface area contributed by atoms with E-state index in [1.54, 1.807) is 0 Å². The van der Waals surface area contributed by atoms with E-state index in [4.69, 9.17) is 9.72 Å². The summed E-state index contributed by atoms with van der Waals surface area (Å²) in [5, 5.41) is 3.53. The van der Waals surface area contributed by atoms with Gasteiger partial charge < -0.3 is 10.1 Å². The van der Waals surface area contributed by atoms with Crippen molar-refractivity contribution < 1.29 is 4.74 Å². The standard InChI is InChI=1S/C15H23N3O/c1-2-16-13-6-3-7-14-12(13)9-17-15(18-14)11-5-4-8-19-10-11/h9,11,13,16H,2-8,10H2,1H3. The SMILES string of the molecule is CCNC1CCCc2nc(C3CCCOC3)ncc21. The van der Waals surface area contributed by atoms with Crippen molar-refractivity contribution in [1.82, 2.24) is 15.3 Å². The maximum absolute atomic E-state index is 5.55. The third kappa shape index (κ3) is 2.79. The molecule has 0 spiro atoms. The number of nitrogens with one attached hydrogen (secondary N) is 1. The first kappa shape index (κ1) is 13.0. The van der Waals surface area contributed by atoms with Crippen LogP contribution in [0.25, 0.3) is 0 Å². The number of rotatable bonds is 3. The first-order valence-corrected chi connectivity index (χ1v) is 7.55. The maximum Gasteiger partial charge on any atom is 0.133 e. The van der Waals surface area contributed by atoms with Crippen LogP contribution in [0, 0.1) is 0 Å². The molecule has 1 saturated heterocycles. The molecular formula is C15H23N3O. The molecule has 1 fully saturated rings. The fourth-order valence-electron chi connectivity index (χ4n) is 3.16. The lowest BCUT2D eigenvalue weighted by Gasteiger charge is -2.27. The number of ether oxygens (including phenoxy) is 1. The predicted octanol–water partition coefficient (Wildman–Crippen LogP) is 2.36. The molecule has 1 aliphatic heterocycles. The Kier molecular flexibility index (Phi) is 4.09. The number of aryl methyl sites for hydroxylation is 1. The molecule has 0 aromatic carbocycles. The Bertz CT molecular complexity index is 429. The molecule has 1 aliphatic carbocycles. The second-order valence-corrected chi connectivity index (χ2v) is 5.55. The highest BCUT2D eigenvalue weighted by Crippen LogP contribution is 2.30. The van der Waals surface area contributed by atoms with Gasteiger partial charge in [0.2, 0.25) is 0 Å². The van der Waals surface area contributed by atoms with Crippen LogP contribution in [0.4, 0.5) is 0 Å². The van der Waals surface area contributed by atoms with Crippen LogP contribution in [0.3, 0.4) is 0 Å². The predicted molar refractivity (Wildman–Crippen MR) is 74.2 cm³/mol. The summed E-state index contributed by atoms with van der Waals surface area (Å²) >= 11 is 0. The summed E-state index contributed by atoms with van der Waals surface area (Å²) < 4.78 is 5.55. The first-order chi connectivity index (χ1) is 9.38. The molecule has 4 heteroatoms. The normalized spacial score (nSPS) is 27.0. The van der Waals surface area contributed by atoms with E-state index in [1.165, 1.54) is 24.1 Å². The molecule has 1 aromatic rings. The molecule has 2 aliphatic rings. The average Bonchev–Trinajstić information content (AvgIpc) is 2.48. The van der Waals surface area contributed by atoms with Gasteiger partial charge in [0.15, 0.2) is 0 Å². The maximum atomic E-state index is 5.55. The molecule has 3 rings (SSSR count). The van der Waals surface area contributed by atoms with Crippen molar-refractivity contribution in [3.05, 3.63) is 23.3 Å². The van der Waals surface area contributed by atoms with E-state index in [0.717, 1.165) is 44.8 Å². The van der Waals surface area contributed by atoms with E-state index in [9.17, 15) is 0 Å². The van der Waals surface area contributed by atoms with Gasteiger partial charge in [-0.3, -0.25) is 0 Å². The summed E-state index contributed by atoms with van der Waals surface area (Å²) in [7, 11) is 0. The van der Waals surface area contributed by atoms with Crippen LogP contribution in [0.5, 0.6) is 0 Å². The minimum absolute atomic E-state index is 0.401. The van der Waals surface area contributed by atoms with E-state index in [2.05, 4.69) is 23.4 Å². The molecule has 1 aromatic heterocycles. The van der Waals surface area contributed by atoms with Gasteiger partial charge in [-0.2, -0.15) is 0 Å². The Morgan fingerprint density at radius 2 is 2.32 bits per heavy atom. The Balaban J connectivity index is 1.82. The molecule has 19 heavy (non-hydrogen) atoms. The third-order valence-electron chi connectivity index (χ3n) is 4.18. The van der Waals surface area contributed by atoms with Crippen molar-refractivity contribution in [1.29, 1.82) is 0 Å². The van der Waals surface area contributed by atoms with E-state index < -0.39 is 0 Å². The van der Waals surface area contributed by atoms with Crippen LogP contribution in [-0.2, 0) is 11.2 Å².